The molecule has 8 heavy (non-hydrogen) atoms. The summed E-state index contributed by atoms with van der Waals surface area (Å²) in [6.45, 7) is 0.683. The molecule has 1 rings (SSSR count). The fourth-order valence-corrected chi connectivity index (χ4v) is 0.577. The van der Waals surface area contributed by atoms with Crippen LogP contribution >= 0.6 is 0 Å². The summed E-state index contributed by atoms with van der Waals surface area (Å²) in [7, 11) is 0. The minimum Gasteiger partial charge on any atom is -0.348 e. The molecule has 3 heteroatoms. The van der Waals surface area contributed by atoms with E-state index >= 15 is 0 Å². The summed E-state index contributed by atoms with van der Waals surface area (Å²) >= 11 is 0. The molecule has 0 saturated carbocycles. The standard InChI is InChI=1S/C5H9N3/c6-2-1-5-3-7-4-8-5/h3-4H,1-2,6H2,(H,7,8)/i2+1,6+1. The quantitative estimate of drug-likeness (QED) is 0.416. The van der Waals surface area contributed by atoms with Gasteiger partial charge in [0.25, 0.3) is 0 Å². The van der Waals surface area contributed by atoms with E-state index in [2.05, 4.69) is 9.97 Å². The van der Waals surface area contributed by atoms with Crippen LogP contribution in [0.25, 0.3) is 0 Å². The van der Waals surface area contributed by atoms with Crippen molar-refractivity contribution in [3.8, 4) is 0 Å². The van der Waals surface area contributed by atoms with Gasteiger partial charge < -0.3 is 10.7 Å². The lowest BCUT2D eigenvalue weighted by Gasteiger charge is -1.86. The molecule has 1 aromatic rings. The number of nitrogens with zero attached hydrogens (tertiary/aromatic N) is 1. The normalized spacial score (nSPS) is 9.62. The van der Waals surface area contributed by atoms with Crippen LogP contribution in [0, 0.1) is 0 Å². The average molecular weight is 113 g/mol. The molecule has 0 atom stereocenters. The Morgan fingerprint density at radius 3 is 3.12 bits per heavy atom. The minimum atomic E-state index is 0.683. The molecule has 1 heterocycles. The first-order chi connectivity index (χ1) is 3.93. The zero-order chi connectivity index (χ0) is 5.82. The summed E-state index contributed by atoms with van der Waals surface area (Å²) in [5.74, 6) is 0. The molecule has 0 bridgehead atoms. The highest BCUT2D eigenvalue weighted by Gasteiger charge is 1.86. The van der Waals surface area contributed by atoms with Gasteiger partial charge in [-0.15, -0.1) is 0 Å². The number of aromatic amines is 1. The van der Waals surface area contributed by atoms with E-state index in [1.165, 1.54) is 0 Å². The Hall–Kier alpha value is -0.830. The van der Waals surface area contributed by atoms with Crippen LogP contribution in [0.5, 0.6) is 0 Å². The third kappa shape index (κ3) is 1.07. The Morgan fingerprint density at radius 2 is 2.62 bits per heavy atom. The molecule has 44 valence electrons. The Bertz CT molecular complexity index is 133. The van der Waals surface area contributed by atoms with Crippen LogP contribution in [-0.2, 0) is 6.42 Å². The molecule has 0 aliphatic rings. The van der Waals surface area contributed by atoms with E-state index in [0.717, 1.165) is 12.1 Å². The number of H-pyrrole nitrogens is 1. The molecule has 0 fully saturated rings. The monoisotopic (exact) mass is 113 g/mol. The molecule has 1 aromatic heterocycles. The predicted molar refractivity (Wildman–Crippen MR) is 31.3 cm³/mol. The second kappa shape index (κ2) is 2.47. The highest BCUT2D eigenvalue weighted by atomic mass is 15.5. The van der Waals surface area contributed by atoms with Gasteiger partial charge in [0, 0.05) is 18.3 Å². The van der Waals surface area contributed by atoms with Crippen LogP contribution in [-0.4, -0.2) is 16.5 Å². The number of hydrogen-bond donors (Lipinski definition) is 2. The van der Waals surface area contributed by atoms with Gasteiger partial charge in [-0.2, -0.15) is 0 Å². The van der Waals surface area contributed by atoms with E-state index in [4.69, 9.17) is 5.73 Å². The lowest BCUT2D eigenvalue weighted by molar-refractivity contribution is 0.935. The predicted octanol–water partition coefficient (Wildman–Crippen LogP) is -0.0891. The second-order valence-electron chi connectivity index (χ2n) is 1.62. The van der Waals surface area contributed by atoms with E-state index in [-0.39, 0.29) is 0 Å². The van der Waals surface area contributed by atoms with Crippen molar-refractivity contribution in [1.29, 1.82) is 0 Å². The summed E-state index contributed by atoms with van der Waals surface area (Å²) in [6.07, 6.45) is 4.33. The van der Waals surface area contributed by atoms with Crippen molar-refractivity contribution in [1.82, 2.24) is 9.97 Å². The van der Waals surface area contributed by atoms with Gasteiger partial charge in [0.05, 0.1) is 6.33 Å². The molecule has 3 N–H and O–H groups in total. The number of nitrogens with one attached hydrogen (secondary N) is 1. The van der Waals surface area contributed by atoms with Crippen molar-refractivity contribution in [3.05, 3.63) is 18.2 Å². The SMILES string of the molecule is [15NH2][13CH2]Cc1cnc[nH]1. The molecule has 0 aliphatic carbocycles. The molecule has 0 saturated heterocycles. The summed E-state index contributed by atoms with van der Waals surface area (Å²) in [5, 5.41) is 0. The van der Waals surface area contributed by atoms with E-state index in [1.807, 2.05) is 0 Å². The van der Waals surface area contributed by atoms with E-state index in [0.29, 0.717) is 6.54 Å². The van der Waals surface area contributed by atoms with Crippen LogP contribution in [0.3, 0.4) is 0 Å². The first-order valence-corrected chi connectivity index (χ1v) is 2.61. The lowest BCUT2D eigenvalue weighted by Crippen LogP contribution is -2.02. The van der Waals surface area contributed by atoms with Crippen LogP contribution in [0.4, 0.5) is 0 Å². The lowest BCUT2D eigenvalue weighted by atomic mass is 10.5. The van der Waals surface area contributed by atoms with Crippen molar-refractivity contribution < 1.29 is 0 Å². The van der Waals surface area contributed by atoms with Gasteiger partial charge in [-0.05, 0) is 6.54 Å². The molecule has 3 nitrogen and oxygen atoms in total. The fraction of sp³-hybridized carbons (Fsp3) is 0.400. The Kier molecular flexibility index (Phi) is 1.64. The number of rotatable bonds is 2. The van der Waals surface area contributed by atoms with Gasteiger partial charge in [0.2, 0.25) is 0 Å². The Morgan fingerprint density at radius 1 is 1.75 bits per heavy atom. The summed E-state index contributed by atoms with van der Waals surface area (Å²) in [4.78, 5) is 6.78. The largest absolute Gasteiger partial charge is 0.348 e. The highest BCUT2D eigenvalue weighted by Crippen LogP contribution is 1.88. The number of aromatic nitrogens is 2. The molecule has 0 radical (unpaired) electrons. The van der Waals surface area contributed by atoms with Crippen molar-refractivity contribution in [2.75, 3.05) is 6.54 Å². The molecular formula is C5H9N3. The summed E-state index contributed by atoms with van der Waals surface area (Å²) < 4.78 is 0. The zero-order valence-electron chi connectivity index (χ0n) is 4.59. The third-order valence-corrected chi connectivity index (χ3v) is 0.969. The molecule has 0 aliphatic heterocycles. The first-order valence-electron chi connectivity index (χ1n) is 2.61. The molecule has 0 unspecified atom stereocenters. The second-order valence-corrected chi connectivity index (χ2v) is 1.62. The molecule has 0 spiro atoms. The van der Waals surface area contributed by atoms with E-state index in [1.54, 1.807) is 12.5 Å². The van der Waals surface area contributed by atoms with Crippen LogP contribution in [0.2, 0.25) is 0 Å². The van der Waals surface area contributed by atoms with Gasteiger partial charge in [-0.25, -0.2) is 4.98 Å². The van der Waals surface area contributed by atoms with Crippen molar-refractivity contribution in [2.24, 2.45) is 5.73 Å². The Balaban J connectivity index is 2.50. The summed E-state index contributed by atoms with van der Waals surface area (Å²) in [6, 6.07) is 0. The molecule has 0 aromatic carbocycles. The maximum Gasteiger partial charge on any atom is 0.0921 e. The minimum absolute atomic E-state index is 0.683. The Labute approximate surface area is 47.9 Å². The number of nitrogens with two attached hydrogens (primary N) is 1. The highest BCUT2D eigenvalue weighted by molar-refractivity contribution is 4.93. The third-order valence-electron chi connectivity index (χ3n) is 0.969. The molecule has 0 amide bonds. The maximum absolute atomic E-state index is 5.27. The van der Waals surface area contributed by atoms with Gasteiger partial charge in [-0.1, -0.05) is 0 Å². The average Bonchev–Trinajstić information content (AvgIpc) is 2.19. The smallest absolute Gasteiger partial charge is 0.0921 e. The van der Waals surface area contributed by atoms with Crippen molar-refractivity contribution >= 4 is 0 Å². The zero-order valence-corrected chi connectivity index (χ0v) is 4.59. The maximum atomic E-state index is 5.27. The van der Waals surface area contributed by atoms with Crippen LogP contribution < -0.4 is 5.73 Å². The summed E-state index contributed by atoms with van der Waals surface area (Å²) in [5.41, 5.74) is 6.38. The fourth-order valence-electron chi connectivity index (χ4n) is 0.577. The van der Waals surface area contributed by atoms with Gasteiger partial charge in [0.1, 0.15) is 0 Å². The van der Waals surface area contributed by atoms with Gasteiger partial charge in [0.15, 0.2) is 0 Å². The topological polar surface area (TPSA) is 54.7 Å². The first kappa shape index (κ1) is 5.31. The van der Waals surface area contributed by atoms with E-state index < -0.39 is 0 Å². The number of imidazole rings is 1. The van der Waals surface area contributed by atoms with Crippen LogP contribution in [0.15, 0.2) is 12.5 Å². The number of hydrogen-bond acceptors (Lipinski definition) is 2. The van der Waals surface area contributed by atoms with E-state index in [9.17, 15) is 0 Å². The van der Waals surface area contributed by atoms with Gasteiger partial charge in [-0.3, -0.25) is 0 Å². The van der Waals surface area contributed by atoms with Crippen molar-refractivity contribution in [2.45, 2.75) is 6.42 Å². The van der Waals surface area contributed by atoms with Crippen LogP contribution in [0.1, 0.15) is 5.69 Å². The van der Waals surface area contributed by atoms with Gasteiger partial charge >= 0.3 is 0 Å². The molecular weight excluding hydrogens is 104 g/mol. The van der Waals surface area contributed by atoms with Crippen molar-refractivity contribution in [3.63, 3.8) is 0 Å².